The van der Waals surface area contributed by atoms with Crippen molar-refractivity contribution in [1.82, 2.24) is 9.97 Å². The molecule has 0 saturated heterocycles. The van der Waals surface area contributed by atoms with Crippen LogP contribution in [0.5, 0.6) is 0 Å². The summed E-state index contributed by atoms with van der Waals surface area (Å²) in [6.45, 7) is 4.92. The molecule has 252 valence electrons. The van der Waals surface area contributed by atoms with Crippen molar-refractivity contribution in [2.75, 3.05) is 0 Å². The fraction of sp³-hybridized carbons (Fsp3) is 0.224. The molecule has 0 bridgehead atoms. The van der Waals surface area contributed by atoms with Crippen LogP contribution in [-0.4, -0.2) is 9.97 Å². The summed E-state index contributed by atoms with van der Waals surface area (Å²) in [7, 11) is 0. The topological polar surface area (TPSA) is 38.9 Å². The third-order valence-corrected chi connectivity index (χ3v) is 13.0. The first-order valence-electron chi connectivity index (χ1n) is 19.1. The fourth-order valence-electron chi connectivity index (χ4n) is 10.4. The number of nitrogens with zero attached hydrogens (tertiary/aromatic N) is 2. The predicted octanol–water partition coefficient (Wildman–Crippen LogP) is 12.9. The minimum atomic E-state index is 0.0683. The molecule has 0 radical (unpaired) electrons. The van der Waals surface area contributed by atoms with Crippen LogP contribution >= 0.6 is 0 Å². The highest BCUT2D eigenvalue weighted by atomic mass is 16.3. The van der Waals surface area contributed by atoms with Gasteiger partial charge in [0.15, 0.2) is 5.82 Å². The second-order valence-electron chi connectivity index (χ2n) is 16.0. The van der Waals surface area contributed by atoms with E-state index in [4.69, 9.17) is 14.4 Å². The van der Waals surface area contributed by atoms with Gasteiger partial charge in [0.2, 0.25) is 5.71 Å². The molecule has 0 N–H and O–H groups in total. The molecular weight excluding hydrogens is 633 g/mol. The van der Waals surface area contributed by atoms with Crippen LogP contribution in [0, 0.1) is 5.92 Å². The number of rotatable bonds is 3. The Labute approximate surface area is 304 Å². The minimum absolute atomic E-state index is 0.0683. The van der Waals surface area contributed by atoms with Gasteiger partial charge in [-0.05, 0) is 111 Å². The molecule has 1 unspecified atom stereocenters. The summed E-state index contributed by atoms with van der Waals surface area (Å²) in [6, 6.07) is 39.8. The van der Waals surface area contributed by atoms with E-state index in [-0.39, 0.29) is 10.8 Å². The largest absolute Gasteiger partial charge is 0.438 e. The third kappa shape index (κ3) is 4.20. The van der Waals surface area contributed by atoms with Crippen LogP contribution in [-0.2, 0) is 10.8 Å². The Morgan fingerprint density at radius 2 is 1.38 bits per heavy atom. The standard InChI is InChI=1S/C49H40N2O/c1-48(2)39-20-9-7-18-34(39)37-29-42-38(28-40(37)48)35-23-22-32(27-41(35)49(42)24-11-4-12-25-49)31-16-13-17-33(26-31)46-50-45(30-14-5-3-6-15-30)44-36-19-8-10-21-43(36)52-47(44)51-46/h3,5-10,13-19,21-23,26-29,39H,4,11-12,20,24-25H2,1-2H3. The van der Waals surface area contributed by atoms with Crippen molar-refractivity contribution in [2.45, 2.75) is 63.2 Å². The Hall–Kier alpha value is -5.54. The van der Waals surface area contributed by atoms with Gasteiger partial charge in [-0.1, -0.05) is 130 Å². The highest BCUT2D eigenvalue weighted by molar-refractivity contribution is 6.10. The second kappa shape index (κ2) is 11.0. The van der Waals surface area contributed by atoms with E-state index in [0.717, 1.165) is 39.6 Å². The monoisotopic (exact) mass is 672 g/mol. The van der Waals surface area contributed by atoms with Crippen molar-refractivity contribution in [1.29, 1.82) is 0 Å². The van der Waals surface area contributed by atoms with Gasteiger partial charge in [0.1, 0.15) is 5.58 Å². The van der Waals surface area contributed by atoms with Crippen LogP contribution in [0.25, 0.3) is 72.5 Å². The van der Waals surface area contributed by atoms with E-state index in [1.165, 1.54) is 71.0 Å². The molecule has 1 spiro atoms. The summed E-state index contributed by atoms with van der Waals surface area (Å²) in [5, 5.41) is 1.99. The molecule has 4 aliphatic rings. The fourth-order valence-corrected chi connectivity index (χ4v) is 10.4. The van der Waals surface area contributed by atoms with Crippen molar-refractivity contribution in [3.8, 4) is 44.9 Å². The maximum Gasteiger partial charge on any atom is 0.231 e. The first-order valence-corrected chi connectivity index (χ1v) is 19.1. The van der Waals surface area contributed by atoms with Gasteiger partial charge in [-0.25, -0.2) is 4.98 Å². The zero-order chi connectivity index (χ0) is 34.6. The lowest BCUT2D eigenvalue weighted by molar-refractivity contribution is 0.353. The van der Waals surface area contributed by atoms with Crippen LogP contribution in [0.4, 0.5) is 0 Å². The molecule has 1 fully saturated rings. The molecule has 5 aromatic carbocycles. The van der Waals surface area contributed by atoms with Crippen molar-refractivity contribution in [3.05, 3.63) is 150 Å². The molecule has 1 saturated carbocycles. The van der Waals surface area contributed by atoms with E-state index in [1.54, 1.807) is 11.1 Å². The first kappa shape index (κ1) is 30.1. The van der Waals surface area contributed by atoms with Gasteiger partial charge >= 0.3 is 0 Å². The number of furan rings is 1. The normalized spacial score (nSPS) is 19.0. The van der Waals surface area contributed by atoms with Crippen LogP contribution < -0.4 is 0 Å². The van der Waals surface area contributed by atoms with Crippen molar-refractivity contribution in [2.24, 2.45) is 5.92 Å². The Bertz CT molecular complexity index is 2670. The summed E-state index contributed by atoms with van der Waals surface area (Å²) in [5.74, 6) is 1.23. The van der Waals surface area contributed by atoms with Crippen LogP contribution in [0.15, 0.2) is 132 Å². The number of hydrogen-bond acceptors (Lipinski definition) is 3. The van der Waals surface area contributed by atoms with E-state index >= 15 is 0 Å². The van der Waals surface area contributed by atoms with E-state index in [1.807, 2.05) is 24.3 Å². The lowest BCUT2D eigenvalue weighted by Gasteiger charge is -2.36. The van der Waals surface area contributed by atoms with Crippen LogP contribution in [0.3, 0.4) is 0 Å². The number of fused-ring (bicyclic) bond motifs is 11. The van der Waals surface area contributed by atoms with Gasteiger partial charge in [0.05, 0.1) is 11.1 Å². The Morgan fingerprint density at radius 1 is 0.635 bits per heavy atom. The molecule has 0 amide bonds. The zero-order valence-corrected chi connectivity index (χ0v) is 29.7. The lowest BCUT2D eigenvalue weighted by Crippen LogP contribution is -2.28. The van der Waals surface area contributed by atoms with Crippen molar-refractivity contribution in [3.63, 3.8) is 0 Å². The molecule has 11 rings (SSSR count). The highest BCUT2D eigenvalue weighted by Crippen LogP contribution is 2.61. The average Bonchev–Trinajstić information content (AvgIpc) is 3.78. The van der Waals surface area contributed by atoms with E-state index in [0.29, 0.717) is 17.5 Å². The Balaban J connectivity index is 1.05. The predicted molar refractivity (Wildman–Crippen MR) is 213 cm³/mol. The van der Waals surface area contributed by atoms with E-state index in [2.05, 4.69) is 117 Å². The molecular formula is C49H40N2O. The molecule has 4 aliphatic carbocycles. The number of para-hydroxylation sites is 1. The van der Waals surface area contributed by atoms with Crippen molar-refractivity contribution < 1.29 is 4.42 Å². The van der Waals surface area contributed by atoms with Gasteiger partial charge in [-0.2, -0.15) is 4.98 Å². The second-order valence-corrected chi connectivity index (χ2v) is 16.0. The maximum atomic E-state index is 6.35. The summed E-state index contributed by atoms with van der Waals surface area (Å²) >= 11 is 0. The number of hydrogen-bond donors (Lipinski definition) is 0. The molecule has 2 aromatic heterocycles. The zero-order valence-electron chi connectivity index (χ0n) is 29.7. The van der Waals surface area contributed by atoms with Gasteiger partial charge in [0.25, 0.3) is 0 Å². The Kier molecular flexibility index (Phi) is 6.36. The van der Waals surface area contributed by atoms with Gasteiger partial charge in [0, 0.05) is 21.9 Å². The van der Waals surface area contributed by atoms with Gasteiger partial charge in [-0.3, -0.25) is 0 Å². The number of benzene rings is 5. The van der Waals surface area contributed by atoms with Crippen molar-refractivity contribution >= 4 is 27.6 Å². The summed E-state index contributed by atoms with van der Waals surface area (Å²) in [6.07, 6.45) is 14.5. The molecule has 0 aliphatic heterocycles. The molecule has 2 heterocycles. The van der Waals surface area contributed by atoms with Crippen LogP contribution in [0.1, 0.15) is 74.6 Å². The molecule has 7 aromatic rings. The van der Waals surface area contributed by atoms with E-state index in [9.17, 15) is 0 Å². The van der Waals surface area contributed by atoms with Gasteiger partial charge in [-0.15, -0.1) is 0 Å². The highest BCUT2D eigenvalue weighted by Gasteiger charge is 2.48. The number of aromatic nitrogens is 2. The van der Waals surface area contributed by atoms with Gasteiger partial charge < -0.3 is 4.42 Å². The summed E-state index contributed by atoms with van der Waals surface area (Å²) < 4.78 is 6.35. The number of allylic oxidation sites excluding steroid dienone is 4. The SMILES string of the molecule is CC1(C)c2cc3c(cc2C2=CC=CCC21)C1(CCCCC1)c1cc(-c2cccc(-c4nc(-c5ccccc5)c5c(n4)oc4ccccc45)c2)ccc1-3. The summed E-state index contributed by atoms with van der Waals surface area (Å²) in [4.78, 5) is 10.3. The lowest BCUT2D eigenvalue weighted by atomic mass is 9.67. The molecule has 3 heteroatoms. The first-order chi connectivity index (χ1) is 25.5. The molecule has 3 nitrogen and oxygen atoms in total. The van der Waals surface area contributed by atoms with E-state index < -0.39 is 0 Å². The quantitative estimate of drug-likeness (QED) is 0.188. The third-order valence-electron chi connectivity index (χ3n) is 13.0. The Morgan fingerprint density at radius 3 is 2.27 bits per heavy atom. The smallest absolute Gasteiger partial charge is 0.231 e. The minimum Gasteiger partial charge on any atom is -0.438 e. The maximum absolute atomic E-state index is 6.35. The average molecular weight is 673 g/mol. The van der Waals surface area contributed by atoms with Crippen LogP contribution in [0.2, 0.25) is 0 Å². The summed E-state index contributed by atoms with van der Waals surface area (Å²) in [5.41, 5.74) is 17.6. The molecule has 52 heavy (non-hydrogen) atoms. The molecule has 1 atom stereocenters.